The van der Waals surface area contributed by atoms with Gasteiger partial charge in [0.05, 0.1) is 19.2 Å². The van der Waals surface area contributed by atoms with Crippen LogP contribution in [0.3, 0.4) is 0 Å². The molecule has 0 aliphatic rings. The van der Waals surface area contributed by atoms with Gasteiger partial charge in [0.2, 0.25) is 0 Å². The fraction of sp³-hybridized carbons (Fsp3) is 0.231. The first-order valence-electron chi connectivity index (χ1n) is 5.57. The van der Waals surface area contributed by atoms with E-state index in [1.807, 2.05) is 24.3 Å². The highest BCUT2D eigenvalue weighted by molar-refractivity contribution is 5.97. The number of anilines is 1. The Kier molecular flexibility index (Phi) is 3.32. The molecule has 1 heterocycles. The van der Waals surface area contributed by atoms with Crippen molar-refractivity contribution in [3.8, 4) is 5.75 Å². The second-order valence-electron chi connectivity index (χ2n) is 4.03. The van der Waals surface area contributed by atoms with Crippen molar-refractivity contribution in [3.05, 3.63) is 41.6 Å². The molecule has 0 saturated carbocycles. The molecule has 0 aliphatic carbocycles. The lowest BCUT2D eigenvalue weighted by Crippen LogP contribution is -2.00. The van der Waals surface area contributed by atoms with Crippen molar-refractivity contribution in [2.45, 2.75) is 13.5 Å². The van der Waals surface area contributed by atoms with Crippen LogP contribution >= 0.6 is 0 Å². The molecule has 0 unspecified atom stereocenters. The number of benzene rings is 1. The lowest BCUT2D eigenvalue weighted by molar-refractivity contribution is 0.101. The maximum absolute atomic E-state index is 11.3. The Morgan fingerprint density at radius 3 is 2.56 bits per heavy atom. The highest BCUT2D eigenvalue weighted by atomic mass is 16.5. The average molecular weight is 245 g/mol. The number of ketones is 1. The van der Waals surface area contributed by atoms with Gasteiger partial charge in [0.1, 0.15) is 5.75 Å². The molecule has 2 rings (SSSR count). The Hall–Kier alpha value is -2.30. The molecule has 1 aromatic heterocycles. The summed E-state index contributed by atoms with van der Waals surface area (Å²) in [6, 6.07) is 7.66. The molecular formula is C13H15N3O2. The molecule has 2 N–H and O–H groups in total. The highest BCUT2D eigenvalue weighted by Crippen LogP contribution is 2.14. The van der Waals surface area contributed by atoms with Crippen LogP contribution in [0.25, 0.3) is 0 Å². The molecule has 0 saturated heterocycles. The smallest absolute Gasteiger partial charge is 0.165 e. The minimum atomic E-state index is -0.0755. The van der Waals surface area contributed by atoms with Gasteiger partial charge >= 0.3 is 0 Å². The standard InChI is InChI=1S/C13H15N3O2/c1-9(17)12-8-16(15-13(12)14)7-10-3-5-11(18-2)6-4-10/h3-6,8H,7H2,1-2H3,(H2,14,15). The van der Waals surface area contributed by atoms with Crippen LogP contribution in [0, 0.1) is 0 Å². The van der Waals surface area contributed by atoms with E-state index in [0.717, 1.165) is 11.3 Å². The number of aromatic nitrogens is 2. The van der Waals surface area contributed by atoms with Crippen LogP contribution in [-0.4, -0.2) is 22.7 Å². The first kappa shape index (κ1) is 12.2. The largest absolute Gasteiger partial charge is 0.497 e. The molecule has 0 bridgehead atoms. The van der Waals surface area contributed by atoms with Crippen LogP contribution in [0.2, 0.25) is 0 Å². The van der Waals surface area contributed by atoms with Gasteiger partial charge < -0.3 is 10.5 Å². The van der Waals surface area contributed by atoms with Crippen molar-refractivity contribution in [2.75, 3.05) is 12.8 Å². The molecule has 0 atom stereocenters. The molecule has 0 radical (unpaired) electrons. The summed E-state index contributed by atoms with van der Waals surface area (Å²) < 4.78 is 6.75. The number of hydrogen-bond acceptors (Lipinski definition) is 4. The van der Waals surface area contributed by atoms with Crippen LogP contribution in [0.1, 0.15) is 22.8 Å². The van der Waals surface area contributed by atoms with E-state index in [2.05, 4.69) is 5.10 Å². The third-order valence-electron chi connectivity index (χ3n) is 2.67. The van der Waals surface area contributed by atoms with Crippen molar-refractivity contribution >= 4 is 11.6 Å². The average Bonchev–Trinajstić information content (AvgIpc) is 2.71. The fourth-order valence-electron chi connectivity index (χ4n) is 1.71. The molecule has 0 fully saturated rings. The minimum absolute atomic E-state index is 0.0755. The van der Waals surface area contributed by atoms with E-state index in [0.29, 0.717) is 12.1 Å². The number of nitrogens with two attached hydrogens (primary N) is 1. The van der Waals surface area contributed by atoms with E-state index >= 15 is 0 Å². The van der Waals surface area contributed by atoms with Crippen LogP contribution in [-0.2, 0) is 6.54 Å². The number of ether oxygens (including phenoxy) is 1. The van der Waals surface area contributed by atoms with Crippen LogP contribution in [0.5, 0.6) is 5.75 Å². The topological polar surface area (TPSA) is 70.1 Å². The Labute approximate surface area is 105 Å². The van der Waals surface area contributed by atoms with Crippen molar-refractivity contribution in [3.63, 3.8) is 0 Å². The summed E-state index contributed by atoms with van der Waals surface area (Å²) >= 11 is 0. The first-order chi connectivity index (χ1) is 8.60. The number of carbonyl (C=O) groups excluding carboxylic acids is 1. The number of methoxy groups -OCH3 is 1. The van der Waals surface area contributed by atoms with Gasteiger partial charge in [-0.15, -0.1) is 0 Å². The van der Waals surface area contributed by atoms with E-state index in [9.17, 15) is 4.79 Å². The van der Waals surface area contributed by atoms with Gasteiger partial charge in [0, 0.05) is 6.20 Å². The van der Waals surface area contributed by atoms with Crippen molar-refractivity contribution < 1.29 is 9.53 Å². The third kappa shape index (κ3) is 2.51. The molecule has 94 valence electrons. The van der Waals surface area contributed by atoms with Crippen LogP contribution in [0.4, 0.5) is 5.82 Å². The van der Waals surface area contributed by atoms with Gasteiger partial charge in [-0.1, -0.05) is 12.1 Å². The number of rotatable bonds is 4. The zero-order valence-electron chi connectivity index (χ0n) is 10.4. The van der Waals surface area contributed by atoms with E-state index in [-0.39, 0.29) is 11.6 Å². The van der Waals surface area contributed by atoms with Crippen molar-refractivity contribution in [1.82, 2.24) is 9.78 Å². The lowest BCUT2D eigenvalue weighted by Gasteiger charge is -2.03. The minimum Gasteiger partial charge on any atom is -0.497 e. The predicted molar refractivity (Wildman–Crippen MR) is 68.7 cm³/mol. The summed E-state index contributed by atoms with van der Waals surface area (Å²) in [5, 5.41) is 4.11. The third-order valence-corrected chi connectivity index (χ3v) is 2.67. The van der Waals surface area contributed by atoms with Gasteiger partial charge in [-0.2, -0.15) is 5.10 Å². The quantitative estimate of drug-likeness (QED) is 0.833. The van der Waals surface area contributed by atoms with E-state index in [4.69, 9.17) is 10.5 Å². The molecule has 1 aromatic carbocycles. The summed E-state index contributed by atoms with van der Waals surface area (Å²) in [5.41, 5.74) is 7.19. The molecule has 2 aromatic rings. The lowest BCUT2D eigenvalue weighted by atomic mass is 10.2. The van der Waals surface area contributed by atoms with Gasteiger partial charge in [-0.3, -0.25) is 9.48 Å². The van der Waals surface area contributed by atoms with Crippen molar-refractivity contribution in [2.24, 2.45) is 0 Å². The predicted octanol–water partition coefficient (Wildman–Crippen LogP) is 1.72. The number of Topliss-reactive ketones (excluding diaryl/α,β-unsaturated/α-hetero) is 1. The maximum atomic E-state index is 11.3. The molecule has 0 aliphatic heterocycles. The second-order valence-corrected chi connectivity index (χ2v) is 4.03. The SMILES string of the molecule is COc1ccc(Cn2cc(C(C)=O)c(N)n2)cc1. The summed E-state index contributed by atoms with van der Waals surface area (Å²) in [5.74, 6) is 1.01. The van der Waals surface area contributed by atoms with Gasteiger partial charge in [0.15, 0.2) is 11.6 Å². The van der Waals surface area contributed by atoms with E-state index in [1.54, 1.807) is 18.0 Å². The fourth-order valence-corrected chi connectivity index (χ4v) is 1.71. The van der Waals surface area contributed by atoms with Crippen molar-refractivity contribution in [1.29, 1.82) is 0 Å². The number of carbonyl (C=O) groups is 1. The molecule has 5 nitrogen and oxygen atoms in total. The summed E-state index contributed by atoms with van der Waals surface area (Å²) in [6.07, 6.45) is 1.67. The monoisotopic (exact) mass is 245 g/mol. The molecular weight excluding hydrogens is 230 g/mol. The highest BCUT2D eigenvalue weighted by Gasteiger charge is 2.09. The Morgan fingerprint density at radius 1 is 1.39 bits per heavy atom. The summed E-state index contributed by atoms with van der Waals surface area (Å²) in [6.45, 7) is 2.05. The Balaban J connectivity index is 2.18. The maximum Gasteiger partial charge on any atom is 0.165 e. The van der Waals surface area contributed by atoms with Gasteiger partial charge in [-0.25, -0.2) is 0 Å². The number of hydrogen-bond donors (Lipinski definition) is 1. The van der Waals surface area contributed by atoms with E-state index < -0.39 is 0 Å². The molecule has 0 spiro atoms. The second kappa shape index (κ2) is 4.91. The first-order valence-corrected chi connectivity index (χ1v) is 5.57. The van der Waals surface area contributed by atoms with Gasteiger partial charge in [-0.05, 0) is 24.6 Å². The van der Waals surface area contributed by atoms with Gasteiger partial charge in [0.25, 0.3) is 0 Å². The summed E-state index contributed by atoms with van der Waals surface area (Å²) in [4.78, 5) is 11.3. The van der Waals surface area contributed by atoms with E-state index in [1.165, 1.54) is 6.92 Å². The molecule has 5 heteroatoms. The Bertz CT molecular complexity index is 558. The summed E-state index contributed by atoms with van der Waals surface area (Å²) in [7, 11) is 1.63. The normalized spacial score (nSPS) is 10.3. The molecule has 18 heavy (non-hydrogen) atoms. The number of nitrogen functional groups attached to an aromatic ring is 1. The molecule has 0 amide bonds. The number of nitrogens with zero attached hydrogens (tertiary/aromatic N) is 2. The Morgan fingerprint density at radius 2 is 2.06 bits per heavy atom. The van der Waals surface area contributed by atoms with Crippen LogP contribution in [0.15, 0.2) is 30.5 Å². The van der Waals surface area contributed by atoms with Crippen LogP contribution < -0.4 is 10.5 Å². The zero-order chi connectivity index (χ0) is 13.1. The zero-order valence-corrected chi connectivity index (χ0v) is 10.4.